The summed E-state index contributed by atoms with van der Waals surface area (Å²) in [5, 5.41) is 3.94. The molecule has 3 aromatic carbocycles. The topological polar surface area (TPSA) is 77.5 Å². The highest BCUT2D eigenvalue weighted by atomic mass is 35.5. The molecule has 8 heteroatoms. The van der Waals surface area contributed by atoms with Gasteiger partial charge in [-0.2, -0.15) is 0 Å². The number of hydrogen-bond donors (Lipinski definition) is 1. The molecule has 0 aliphatic rings. The molecule has 0 bridgehead atoms. The van der Waals surface area contributed by atoms with Gasteiger partial charge in [-0.1, -0.05) is 65.7 Å². The van der Waals surface area contributed by atoms with Crippen LogP contribution in [0.3, 0.4) is 0 Å². The highest BCUT2D eigenvalue weighted by Crippen LogP contribution is 2.36. The predicted octanol–water partition coefficient (Wildman–Crippen LogP) is 7.70. The third kappa shape index (κ3) is 6.14. The van der Waals surface area contributed by atoms with Crippen molar-refractivity contribution in [3.63, 3.8) is 0 Å². The lowest BCUT2D eigenvalue weighted by molar-refractivity contribution is 0.0636. The minimum Gasteiger partial charge on any atom is -0.488 e. The fraction of sp³-hybridized carbons (Fsp3) is 0.179. The molecule has 1 amide bonds. The van der Waals surface area contributed by atoms with E-state index in [2.05, 4.69) is 10.3 Å². The number of carbonyl (C=O) groups is 2. The van der Waals surface area contributed by atoms with Crippen LogP contribution in [0, 0.1) is 0 Å². The predicted molar refractivity (Wildman–Crippen MR) is 142 cm³/mol. The summed E-state index contributed by atoms with van der Waals surface area (Å²) in [5.41, 5.74) is 1.34. The first-order chi connectivity index (χ1) is 17.1. The fourth-order valence-corrected chi connectivity index (χ4v) is 4.13. The van der Waals surface area contributed by atoms with Crippen LogP contribution in [0.25, 0.3) is 10.9 Å². The number of anilines is 1. The van der Waals surface area contributed by atoms with Crippen LogP contribution in [0.1, 0.15) is 42.4 Å². The first-order valence-electron chi connectivity index (χ1n) is 11.2. The number of nitrogens with zero attached hydrogens (tertiary/aromatic N) is 1. The molecule has 0 saturated heterocycles. The average molecular weight is 523 g/mol. The van der Waals surface area contributed by atoms with Crippen molar-refractivity contribution in [3.8, 4) is 5.75 Å². The zero-order valence-electron chi connectivity index (χ0n) is 20.0. The molecule has 4 rings (SSSR count). The molecule has 0 aliphatic carbocycles. The van der Waals surface area contributed by atoms with Gasteiger partial charge in [0.05, 0.1) is 21.6 Å². The number of pyridine rings is 1. The Morgan fingerprint density at radius 3 is 2.36 bits per heavy atom. The van der Waals surface area contributed by atoms with Crippen molar-refractivity contribution in [1.29, 1.82) is 0 Å². The number of amides is 1. The van der Waals surface area contributed by atoms with Crippen LogP contribution < -0.4 is 10.1 Å². The molecule has 1 N–H and O–H groups in total. The normalized spacial score (nSPS) is 11.2. The number of hydrogen-bond acceptors (Lipinski definition) is 5. The second-order valence-corrected chi connectivity index (χ2v) is 9.91. The Labute approximate surface area is 219 Å². The van der Waals surface area contributed by atoms with Crippen LogP contribution in [0.4, 0.5) is 10.5 Å². The van der Waals surface area contributed by atoms with Crippen LogP contribution in [-0.4, -0.2) is 22.5 Å². The van der Waals surface area contributed by atoms with Gasteiger partial charge in [0.25, 0.3) is 0 Å². The lowest BCUT2D eigenvalue weighted by Gasteiger charge is -2.20. The number of halogens is 2. The van der Waals surface area contributed by atoms with E-state index < -0.39 is 17.5 Å². The minimum atomic E-state index is -0.688. The highest BCUT2D eigenvalue weighted by Gasteiger charge is 2.22. The largest absolute Gasteiger partial charge is 0.488 e. The van der Waals surface area contributed by atoms with Gasteiger partial charge in [-0.3, -0.25) is 10.1 Å². The Hall–Kier alpha value is -3.61. The van der Waals surface area contributed by atoms with Crippen LogP contribution in [-0.2, 0) is 11.3 Å². The second-order valence-electron chi connectivity index (χ2n) is 9.06. The van der Waals surface area contributed by atoms with Crippen LogP contribution >= 0.6 is 23.2 Å². The van der Waals surface area contributed by atoms with E-state index >= 15 is 0 Å². The first kappa shape index (κ1) is 25.5. The highest BCUT2D eigenvalue weighted by molar-refractivity contribution is 6.39. The van der Waals surface area contributed by atoms with E-state index in [4.69, 9.17) is 32.7 Å². The van der Waals surface area contributed by atoms with Crippen molar-refractivity contribution in [1.82, 2.24) is 4.98 Å². The summed E-state index contributed by atoms with van der Waals surface area (Å²) in [7, 11) is 0. The van der Waals surface area contributed by atoms with E-state index in [1.807, 2.05) is 30.3 Å². The Bertz CT molecular complexity index is 1430. The molecule has 0 fully saturated rings. The molecule has 4 aromatic rings. The first-order valence-corrected chi connectivity index (χ1v) is 12.0. The minimum absolute atomic E-state index is 0.113. The van der Waals surface area contributed by atoms with Crippen molar-refractivity contribution in [2.75, 3.05) is 5.32 Å². The number of para-hydroxylation sites is 1. The van der Waals surface area contributed by atoms with E-state index in [-0.39, 0.29) is 17.9 Å². The molecule has 184 valence electrons. The number of rotatable bonds is 6. The number of carbonyl (C=O) groups excluding carboxylic acids is 2. The van der Waals surface area contributed by atoms with Crippen LogP contribution in [0.5, 0.6) is 5.75 Å². The van der Waals surface area contributed by atoms with E-state index in [0.29, 0.717) is 32.4 Å². The van der Waals surface area contributed by atoms with Crippen LogP contribution in [0.15, 0.2) is 72.8 Å². The van der Waals surface area contributed by atoms with Gasteiger partial charge in [-0.15, -0.1) is 0 Å². The quantitative estimate of drug-likeness (QED) is 0.262. The summed E-state index contributed by atoms with van der Waals surface area (Å²) in [5.74, 6) is -0.0179. The lowest BCUT2D eigenvalue weighted by atomic mass is 10.0. The van der Waals surface area contributed by atoms with E-state index in [1.165, 1.54) is 0 Å². The van der Waals surface area contributed by atoms with E-state index in [1.54, 1.807) is 63.2 Å². The third-order valence-corrected chi connectivity index (χ3v) is 5.58. The monoisotopic (exact) mass is 522 g/mol. The number of ether oxygens (including phenoxy) is 2. The summed E-state index contributed by atoms with van der Waals surface area (Å²) >= 11 is 12.7. The molecular formula is C28H24Cl2N2O4. The van der Waals surface area contributed by atoms with Gasteiger partial charge in [0.1, 0.15) is 23.7 Å². The maximum absolute atomic E-state index is 13.6. The maximum Gasteiger partial charge on any atom is 0.412 e. The van der Waals surface area contributed by atoms with Crippen molar-refractivity contribution < 1.29 is 19.1 Å². The third-order valence-electron chi connectivity index (χ3n) is 5.07. The molecule has 1 heterocycles. The van der Waals surface area contributed by atoms with Crippen molar-refractivity contribution >= 4 is 51.7 Å². The number of fused-ring (bicyclic) bond motifs is 1. The SMILES string of the molecule is CC(C)(C)OC(=O)Nc1ccccc1C(=O)c1cc(OCc2ccccc2)c2c(Cl)cc(Cl)cc2n1. The van der Waals surface area contributed by atoms with Crippen molar-refractivity contribution in [2.45, 2.75) is 33.0 Å². The Morgan fingerprint density at radius 1 is 0.944 bits per heavy atom. The summed E-state index contributed by atoms with van der Waals surface area (Å²) in [4.78, 5) is 30.5. The zero-order valence-corrected chi connectivity index (χ0v) is 21.5. The van der Waals surface area contributed by atoms with Crippen molar-refractivity contribution in [2.24, 2.45) is 0 Å². The molecule has 0 unspecified atom stereocenters. The van der Waals surface area contributed by atoms with Gasteiger partial charge < -0.3 is 9.47 Å². The average Bonchev–Trinajstić information content (AvgIpc) is 2.81. The molecule has 0 radical (unpaired) electrons. The number of benzene rings is 3. The standard InChI is InChI=1S/C28H24Cl2N2O4/c1-28(2,3)36-27(34)32-21-12-8-7-11-19(21)26(33)23-15-24(35-16-17-9-5-4-6-10-17)25-20(30)13-18(29)14-22(25)31-23/h4-15H,16H2,1-3H3,(H,32,34). The number of aromatic nitrogens is 1. The van der Waals surface area contributed by atoms with Gasteiger partial charge in [-0.25, -0.2) is 9.78 Å². The summed E-state index contributed by atoms with van der Waals surface area (Å²) in [6.45, 7) is 5.55. The zero-order chi connectivity index (χ0) is 25.9. The summed E-state index contributed by atoms with van der Waals surface area (Å²) < 4.78 is 11.4. The molecule has 1 aromatic heterocycles. The number of nitrogens with one attached hydrogen (secondary N) is 1. The van der Waals surface area contributed by atoms with Gasteiger partial charge in [-0.05, 0) is 50.6 Å². The van der Waals surface area contributed by atoms with Gasteiger partial charge in [0.15, 0.2) is 0 Å². The summed E-state index contributed by atoms with van der Waals surface area (Å²) in [6, 6.07) is 21.1. The van der Waals surface area contributed by atoms with Gasteiger partial charge in [0.2, 0.25) is 5.78 Å². The van der Waals surface area contributed by atoms with Gasteiger partial charge in [0, 0.05) is 16.7 Å². The van der Waals surface area contributed by atoms with E-state index in [0.717, 1.165) is 5.56 Å². The van der Waals surface area contributed by atoms with Crippen molar-refractivity contribution in [3.05, 3.63) is 99.7 Å². The maximum atomic E-state index is 13.6. The molecule has 0 saturated carbocycles. The fourth-order valence-electron chi connectivity index (χ4n) is 3.56. The molecule has 36 heavy (non-hydrogen) atoms. The van der Waals surface area contributed by atoms with Crippen LogP contribution in [0.2, 0.25) is 10.0 Å². The molecule has 6 nitrogen and oxygen atoms in total. The van der Waals surface area contributed by atoms with Gasteiger partial charge >= 0.3 is 6.09 Å². The molecule has 0 aliphatic heterocycles. The molecule has 0 spiro atoms. The van der Waals surface area contributed by atoms with E-state index in [9.17, 15) is 9.59 Å². The lowest BCUT2D eigenvalue weighted by Crippen LogP contribution is -2.27. The smallest absolute Gasteiger partial charge is 0.412 e. The Balaban J connectivity index is 1.73. The Kier molecular flexibility index (Phi) is 7.48. The second kappa shape index (κ2) is 10.6. The summed E-state index contributed by atoms with van der Waals surface area (Å²) in [6.07, 6.45) is -0.667. The Morgan fingerprint density at radius 2 is 1.64 bits per heavy atom. The molecule has 0 atom stereocenters. The number of ketones is 1. The molecular weight excluding hydrogens is 499 g/mol.